The third-order valence-electron chi connectivity index (χ3n) is 4.95. The minimum absolute atomic E-state index is 0.0228. The highest BCUT2D eigenvalue weighted by atomic mass is 19.1. The van der Waals surface area contributed by atoms with Crippen molar-refractivity contribution < 1.29 is 23.8 Å². The van der Waals surface area contributed by atoms with Crippen LogP contribution in [-0.4, -0.2) is 33.7 Å². The smallest absolute Gasteiger partial charge is 0.226 e. The van der Waals surface area contributed by atoms with Crippen molar-refractivity contribution in [2.75, 3.05) is 12.4 Å². The molecule has 3 aromatic rings. The molecule has 1 amide bonds. The summed E-state index contributed by atoms with van der Waals surface area (Å²) in [4.78, 5) is 25.6. The molecule has 0 saturated carbocycles. The van der Waals surface area contributed by atoms with Crippen LogP contribution in [-0.2, 0) is 4.79 Å². The van der Waals surface area contributed by atoms with Crippen LogP contribution >= 0.6 is 0 Å². The lowest BCUT2D eigenvalue weighted by Gasteiger charge is -2.23. The summed E-state index contributed by atoms with van der Waals surface area (Å²) in [5.74, 6) is -1.21. The molecule has 1 aliphatic heterocycles. The summed E-state index contributed by atoms with van der Waals surface area (Å²) in [7, 11) is 1.40. The van der Waals surface area contributed by atoms with Crippen molar-refractivity contribution in [2.24, 2.45) is 0 Å². The van der Waals surface area contributed by atoms with Crippen LogP contribution in [0, 0.1) is 12.7 Å². The zero-order valence-electron chi connectivity index (χ0n) is 15.8. The van der Waals surface area contributed by atoms with Crippen LogP contribution < -0.4 is 10.1 Å². The summed E-state index contributed by atoms with van der Waals surface area (Å²) >= 11 is 0. The molecule has 0 aliphatic carbocycles. The maximum absolute atomic E-state index is 13.3. The van der Waals surface area contributed by atoms with Crippen molar-refractivity contribution in [1.29, 1.82) is 0 Å². The van der Waals surface area contributed by atoms with Crippen molar-refractivity contribution in [3.05, 3.63) is 65.1 Å². The number of aryl methyl sites for hydroxylation is 1. The maximum Gasteiger partial charge on any atom is 0.226 e. The van der Waals surface area contributed by atoms with Gasteiger partial charge < -0.3 is 15.2 Å². The highest BCUT2D eigenvalue weighted by molar-refractivity contribution is 6.08. The fourth-order valence-corrected chi connectivity index (χ4v) is 3.57. The number of hydrogen-bond acceptors (Lipinski definition) is 5. The van der Waals surface area contributed by atoms with Gasteiger partial charge in [0.25, 0.3) is 0 Å². The molecule has 2 aromatic carbocycles. The molecular weight excluding hydrogens is 377 g/mol. The number of aromatic hydroxyl groups is 1. The van der Waals surface area contributed by atoms with E-state index >= 15 is 0 Å². The standard InChI is InChI=1S/C21H18FN3O4/c1-11-19-15(20(28)12-3-8-16(26)17(9-12)29-2)10-18(27)23-21(19)25(24-11)14-6-4-13(22)5-7-14/h3-9,15,26H,10H2,1-2H3,(H,23,27). The van der Waals surface area contributed by atoms with Gasteiger partial charge in [-0.1, -0.05) is 0 Å². The number of nitrogens with one attached hydrogen (secondary N) is 1. The van der Waals surface area contributed by atoms with Gasteiger partial charge in [0.2, 0.25) is 5.91 Å². The van der Waals surface area contributed by atoms with E-state index in [4.69, 9.17) is 4.74 Å². The van der Waals surface area contributed by atoms with E-state index in [1.165, 1.54) is 42.1 Å². The summed E-state index contributed by atoms with van der Waals surface area (Å²) in [5, 5.41) is 17.0. The second kappa shape index (κ2) is 7.05. The number of phenolic OH excluding ortho intramolecular Hbond substituents is 1. The van der Waals surface area contributed by atoms with E-state index in [0.717, 1.165) is 0 Å². The average Bonchev–Trinajstić information content (AvgIpc) is 3.04. The molecule has 2 N–H and O–H groups in total. The predicted molar refractivity (Wildman–Crippen MR) is 103 cm³/mol. The minimum atomic E-state index is -0.734. The molecule has 1 atom stereocenters. The number of rotatable bonds is 4. The number of halogens is 1. The SMILES string of the molecule is COc1cc(C(=O)C2CC(=O)Nc3c2c(C)nn3-c2ccc(F)cc2)ccc1O. The van der Waals surface area contributed by atoms with Crippen LogP contribution in [0.4, 0.5) is 10.2 Å². The molecule has 4 rings (SSSR count). The third kappa shape index (κ3) is 3.22. The first-order chi connectivity index (χ1) is 13.9. The molecule has 7 nitrogen and oxygen atoms in total. The van der Waals surface area contributed by atoms with E-state index in [0.29, 0.717) is 28.3 Å². The summed E-state index contributed by atoms with van der Waals surface area (Å²) in [6.07, 6.45) is -0.0228. The zero-order valence-corrected chi connectivity index (χ0v) is 15.8. The Kier molecular flexibility index (Phi) is 4.54. The lowest BCUT2D eigenvalue weighted by molar-refractivity contribution is -0.116. The van der Waals surface area contributed by atoms with Gasteiger partial charge in [-0.3, -0.25) is 9.59 Å². The average molecular weight is 395 g/mol. The first kappa shape index (κ1) is 18.7. The van der Waals surface area contributed by atoms with Crippen molar-refractivity contribution in [1.82, 2.24) is 9.78 Å². The highest BCUT2D eigenvalue weighted by Crippen LogP contribution is 2.39. The first-order valence-electron chi connectivity index (χ1n) is 8.95. The van der Waals surface area contributed by atoms with Crippen LogP contribution in [0.15, 0.2) is 42.5 Å². The van der Waals surface area contributed by atoms with Crippen molar-refractivity contribution in [2.45, 2.75) is 19.3 Å². The number of Topliss-reactive ketones (excluding diaryl/α,β-unsaturated/α-hetero) is 1. The summed E-state index contributed by atoms with van der Waals surface area (Å²) in [5.41, 5.74) is 2.09. The largest absolute Gasteiger partial charge is 0.504 e. The van der Waals surface area contributed by atoms with Gasteiger partial charge in [0.1, 0.15) is 11.6 Å². The van der Waals surface area contributed by atoms with Gasteiger partial charge in [-0.2, -0.15) is 5.10 Å². The number of ketones is 1. The molecule has 1 aromatic heterocycles. The van der Waals surface area contributed by atoms with E-state index in [2.05, 4.69) is 10.4 Å². The normalized spacial score (nSPS) is 15.6. The minimum Gasteiger partial charge on any atom is -0.504 e. The molecular formula is C21H18FN3O4. The van der Waals surface area contributed by atoms with Gasteiger partial charge >= 0.3 is 0 Å². The summed E-state index contributed by atoms with van der Waals surface area (Å²) in [6.45, 7) is 1.76. The Hall–Kier alpha value is -3.68. The fourth-order valence-electron chi connectivity index (χ4n) is 3.57. The van der Waals surface area contributed by atoms with Gasteiger partial charge in [-0.15, -0.1) is 0 Å². The number of ether oxygens (including phenoxy) is 1. The second-order valence-corrected chi connectivity index (χ2v) is 6.79. The van der Waals surface area contributed by atoms with E-state index in [9.17, 15) is 19.1 Å². The molecule has 0 fully saturated rings. The molecule has 0 spiro atoms. The van der Waals surface area contributed by atoms with Crippen LogP contribution in [0.25, 0.3) is 5.69 Å². The number of hydrogen-bond donors (Lipinski definition) is 2. The zero-order chi connectivity index (χ0) is 20.7. The lowest BCUT2D eigenvalue weighted by atomic mass is 9.85. The predicted octanol–water partition coefficient (Wildman–Crippen LogP) is 3.34. The topological polar surface area (TPSA) is 93.5 Å². The van der Waals surface area contributed by atoms with Crippen LogP contribution in [0.3, 0.4) is 0 Å². The first-order valence-corrected chi connectivity index (χ1v) is 8.95. The Morgan fingerprint density at radius 2 is 2.00 bits per heavy atom. The monoisotopic (exact) mass is 395 g/mol. The lowest BCUT2D eigenvalue weighted by Crippen LogP contribution is -2.28. The number of phenols is 1. The molecule has 0 saturated heterocycles. The van der Waals surface area contributed by atoms with Crippen LogP contribution in [0.2, 0.25) is 0 Å². The number of aromatic nitrogens is 2. The van der Waals surface area contributed by atoms with Crippen molar-refractivity contribution >= 4 is 17.5 Å². The number of anilines is 1. The molecule has 29 heavy (non-hydrogen) atoms. The third-order valence-corrected chi connectivity index (χ3v) is 4.95. The molecule has 1 aliphatic rings. The van der Waals surface area contributed by atoms with Gasteiger partial charge in [0.05, 0.1) is 24.4 Å². The maximum atomic E-state index is 13.3. The highest BCUT2D eigenvalue weighted by Gasteiger charge is 2.36. The van der Waals surface area contributed by atoms with Gasteiger partial charge in [0.15, 0.2) is 17.3 Å². The Bertz CT molecular complexity index is 1120. The number of methoxy groups -OCH3 is 1. The summed E-state index contributed by atoms with van der Waals surface area (Å²) in [6, 6.07) is 10.0. The molecule has 0 radical (unpaired) electrons. The van der Waals surface area contributed by atoms with E-state index in [-0.39, 0.29) is 35.4 Å². The number of fused-ring (bicyclic) bond motifs is 1. The fraction of sp³-hybridized carbons (Fsp3) is 0.190. The second-order valence-electron chi connectivity index (χ2n) is 6.79. The molecule has 8 heteroatoms. The Morgan fingerprint density at radius 1 is 1.28 bits per heavy atom. The molecule has 1 unspecified atom stereocenters. The van der Waals surface area contributed by atoms with Gasteiger partial charge in [-0.25, -0.2) is 9.07 Å². The number of benzene rings is 2. The van der Waals surface area contributed by atoms with Crippen molar-refractivity contribution in [3.8, 4) is 17.2 Å². The van der Waals surface area contributed by atoms with Crippen LogP contribution in [0.5, 0.6) is 11.5 Å². The van der Waals surface area contributed by atoms with Gasteiger partial charge in [-0.05, 0) is 49.4 Å². The van der Waals surface area contributed by atoms with E-state index in [1.807, 2.05) is 0 Å². The van der Waals surface area contributed by atoms with Crippen LogP contribution in [0.1, 0.15) is 34.0 Å². The van der Waals surface area contributed by atoms with Gasteiger partial charge in [0, 0.05) is 17.5 Å². The number of amides is 1. The van der Waals surface area contributed by atoms with Crippen molar-refractivity contribution in [3.63, 3.8) is 0 Å². The Labute approximate surface area is 165 Å². The molecule has 0 bridgehead atoms. The summed E-state index contributed by atoms with van der Waals surface area (Å²) < 4.78 is 19.9. The number of nitrogens with zero attached hydrogens (tertiary/aromatic N) is 2. The van der Waals surface area contributed by atoms with E-state index < -0.39 is 5.92 Å². The van der Waals surface area contributed by atoms with E-state index in [1.54, 1.807) is 19.1 Å². The Balaban J connectivity index is 1.80. The number of carbonyl (C=O) groups is 2. The quantitative estimate of drug-likeness (QED) is 0.661. The molecule has 148 valence electrons. The molecule has 2 heterocycles. The Morgan fingerprint density at radius 3 is 2.69 bits per heavy atom. The number of carbonyl (C=O) groups excluding carboxylic acids is 2.